The van der Waals surface area contributed by atoms with E-state index in [2.05, 4.69) is 61.2 Å². The van der Waals surface area contributed by atoms with E-state index >= 15 is 0 Å². The Kier molecular flexibility index (Phi) is 3.84. The van der Waals surface area contributed by atoms with Gasteiger partial charge in [-0.2, -0.15) is 0 Å². The number of aromatic nitrogens is 1. The van der Waals surface area contributed by atoms with Crippen molar-refractivity contribution >= 4 is 10.9 Å². The molecule has 0 spiro atoms. The van der Waals surface area contributed by atoms with Gasteiger partial charge in [0, 0.05) is 36.7 Å². The lowest BCUT2D eigenvalue weighted by Crippen LogP contribution is -2.38. The first-order valence-electron chi connectivity index (χ1n) is 7.91. The zero-order valence-corrected chi connectivity index (χ0v) is 12.9. The van der Waals surface area contributed by atoms with Gasteiger partial charge in [0.2, 0.25) is 0 Å². The van der Waals surface area contributed by atoms with E-state index in [0.29, 0.717) is 6.04 Å². The minimum absolute atomic E-state index is 0.685. The summed E-state index contributed by atoms with van der Waals surface area (Å²) in [6.07, 6.45) is 6.34. The van der Waals surface area contributed by atoms with Gasteiger partial charge in [-0.15, -0.1) is 0 Å². The third kappa shape index (κ3) is 2.62. The molecule has 0 bridgehead atoms. The molecule has 2 aromatic rings. The summed E-state index contributed by atoms with van der Waals surface area (Å²) in [4.78, 5) is 0. The van der Waals surface area contributed by atoms with Gasteiger partial charge in [-0.25, -0.2) is 0 Å². The summed E-state index contributed by atoms with van der Waals surface area (Å²) in [5, 5.41) is 5.19. The largest absolute Gasteiger partial charge is 0.350 e. The SMILES string of the molecule is CC1CCC(NCc2cn(C)c3ccccc23)C(C)C1. The number of para-hydroxylation sites is 1. The Hall–Kier alpha value is -1.28. The summed E-state index contributed by atoms with van der Waals surface area (Å²) in [7, 11) is 2.14. The zero-order chi connectivity index (χ0) is 14.1. The second kappa shape index (κ2) is 5.61. The van der Waals surface area contributed by atoms with Gasteiger partial charge in [-0.05, 0) is 42.7 Å². The number of hydrogen-bond donors (Lipinski definition) is 1. The van der Waals surface area contributed by atoms with Crippen LogP contribution in [0.15, 0.2) is 30.5 Å². The number of rotatable bonds is 3. The first-order chi connectivity index (χ1) is 9.65. The molecule has 3 atom stereocenters. The van der Waals surface area contributed by atoms with Crippen LogP contribution in [0.25, 0.3) is 10.9 Å². The summed E-state index contributed by atoms with van der Waals surface area (Å²) in [5.41, 5.74) is 2.75. The topological polar surface area (TPSA) is 17.0 Å². The molecule has 108 valence electrons. The van der Waals surface area contributed by atoms with Gasteiger partial charge in [-0.1, -0.05) is 32.0 Å². The highest BCUT2D eigenvalue weighted by Gasteiger charge is 2.24. The Morgan fingerprint density at radius 2 is 2.00 bits per heavy atom. The predicted octanol–water partition coefficient (Wildman–Crippen LogP) is 4.09. The van der Waals surface area contributed by atoms with Crippen LogP contribution >= 0.6 is 0 Å². The average molecular weight is 270 g/mol. The second-order valence-corrected chi connectivity index (χ2v) is 6.67. The van der Waals surface area contributed by atoms with Gasteiger partial charge in [0.1, 0.15) is 0 Å². The molecule has 0 saturated heterocycles. The molecule has 1 aromatic heterocycles. The first-order valence-corrected chi connectivity index (χ1v) is 7.91. The van der Waals surface area contributed by atoms with E-state index in [4.69, 9.17) is 0 Å². The van der Waals surface area contributed by atoms with E-state index in [1.165, 1.54) is 35.7 Å². The first kappa shape index (κ1) is 13.7. The molecule has 1 aliphatic rings. The molecule has 1 heterocycles. The molecule has 2 heteroatoms. The Labute approximate surface area is 122 Å². The molecule has 1 fully saturated rings. The van der Waals surface area contributed by atoms with Crippen molar-refractivity contribution in [2.75, 3.05) is 0 Å². The molecule has 3 rings (SSSR count). The molecule has 0 amide bonds. The normalized spacial score (nSPS) is 27.1. The number of fused-ring (bicyclic) bond motifs is 1. The van der Waals surface area contributed by atoms with Crippen LogP contribution in [0.2, 0.25) is 0 Å². The van der Waals surface area contributed by atoms with Gasteiger partial charge in [0.25, 0.3) is 0 Å². The third-order valence-corrected chi connectivity index (χ3v) is 4.97. The molecule has 0 aliphatic heterocycles. The van der Waals surface area contributed by atoms with Crippen molar-refractivity contribution in [1.82, 2.24) is 9.88 Å². The molecule has 0 radical (unpaired) electrons. The van der Waals surface area contributed by atoms with E-state index in [1.807, 2.05) is 0 Å². The minimum atomic E-state index is 0.685. The van der Waals surface area contributed by atoms with Crippen molar-refractivity contribution in [2.24, 2.45) is 18.9 Å². The van der Waals surface area contributed by atoms with Gasteiger partial charge >= 0.3 is 0 Å². The maximum atomic E-state index is 3.80. The Bertz CT molecular complexity index is 584. The number of benzene rings is 1. The molecule has 2 nitrogen and oxygen atoms in total. The lowest BCUT2D eigenvalue weighted by atomic mass is 9.80. The highest BCUT2D eigenvalue weighted by molar-refractivity contribution is 5.83. The Morgan fingerprint density at radius 1 is 1.20 bits per heavy atom. The van der Waals surface area contributed by atoms with Crippen LogP contribution in [0, 0.1) is 11.8 Å². The van der Waals surface area contributed by atoms with Crippen LogP contribution in [0.1, 0.15) is 38.7 Å². The maximum absolute atomic E-state index is 3.80. The van der Waals surface area contributed by atoms with E-state index in [-0.39, 0.29) is 0 Å². The maximum Gasteiger partial charge on any atom is 0.0481 e. The van der Waals surface area contributed by atoms with Crippen LogP contribution in [0.5, 0.6) is 0 Å². The fraction of sp³-hybridized carbons (Fsp3) is 0.556. The fourth-order valence-electron chi connectivity index (χ4n) is 3.78. The Morgan fingerprint density at radius 3 is 2.80 bits per heavy atom. The standard InChI is InChI=1S/C18H26N2/c1-13-8-9-17(14(2)10-13)19-11-15-12-20(3)18-7-5-4-6-16(15)18/h4-7,12-14,17,19H,8-11H2,1-3H3. The number of aryl methyl sites for hydroxylation is 1. The molecule has 3 unspecified atom stereocenters. The van der Waals surface area contributed by atoms with Crippen molar-refractivity contribution in [3.05, 3.63) is 36.0 Å². The molecule has 1 N–H and O–H groups in total. The van der Waals surface area contributed by atoms with Crippen LogP contribution in [0.3, 0.4) is 0 Å². The zero-order valence-electron chi connectivity index (χ0n) is 12.9. The summed E-state index contributed by atoms with van der Waals surface area (Å²) < 4.78 is 2.23. The molecule has 1 aliphatic carbocycles. The van der Waals surface area contributed by atoms with Crippen LogP contribution < -0.4 is 5.32 Å². The van der Waals surface area contributed by atoms with E-state index in [9.17, 15) is 0 Å². The number of nitrogens with zero attached hydrogens (tertiary/aromatic N) is 1. The van der Waals surface area contributed by atoms with Crippen molar-refractivity contribution in [1.29, 1.82) is 0 Å². The smallest absolute Gasteiger partial charge is 0.0481 e. The summed E-state index contributed by atoms with van der Waals surface area (Å²) in [6, 6.07) is 9.37. The third-order valence-electron chi connectivity index (χ3n) is 4.97. The lowest BCUT2D eigenvalue weighted by molar-refractivity contribution is 0.227. The molecular weight excluding hydrogens is 244 g/mol. The summed E-state index contributed by atoms with van der Waals surface area (Å²) >= 11 is 0. The van der Waals surface area contributed by atoms with Crippen molar-refractivity contribution in [3.8, 4) is 0 Å². The second-order valence-electron chi connectivity index (χ2n) is 6.67. The van der Waals surface area contributed by atoms with Crippen molar-refractivity contribution in [3.63, 3.8) is 0 Å². The van der Waals surface area contributed by atoms with Gasteiger partial charge in [-0.3, -0.25) is 0 Å². The van der Waals surface area contributed by atoms with Gasteiger partial charge in [0.05, 0.1) is 0 Å². The monoisotopic (exact) mass is 270 g/mol. The van der Waals surface area contributed by atoms with Crippen molar-refractivity contribution in [2.45, 2.75) is 45.7 Å². The molecule has 20 heavy (non-hydrogen) atoms. The number of nitrogens with one attached hydrogen (secondary N) is 1. The quantitative estimate of drug-likeness (QED) is 0.889. The van der Waals surface area contributed by atoms with Crippen LogP contribution in [-0.4, -0.2) is 10.6 Å². The van der Waals surface area contributed by atoms with Crippen LogP contribution in [-0.2, 0) is 13.6 Å². The van der Waals surface area contributed by atoms with Crippen LogP contribution in [0.4, 0.5) is 0 Å². The van der Waals surface area contributed by atoms with E-state index in [0.717, 1.165) is 18.4 Å². The summed E-state index contributed by atoms with van der Waals surface area (Å²) in [6.45, 7) is 5.78. The summed E-state index contributed by atoms with van der Waals surface area (Å²) in [5.74, 6) is 1.70. The van der Waals surface area contributed by atoms with Gasteiger partial charge < -0.3 is 9.88 Å². The van der Waals surface area contributed by atoms with Crippen molar-refractivity contribution < 1.29 is 0 Å². The lowest BCUT2D eigenvalue weighted by Gasteiger charge is -2.33. The average Bonchev–Trinajstić information content (AvgIpc) is 2.75. The van der Waals surface area contributed by atoms with E-state index < -0.39 is 0 Å². The predicted molar refractivity (Wildman–Crippen MR) is 85.7 cm³/mol. The Balaban J connectivity index is 1.71. The molecule has 1 saturated carbocycles. The minimum Gasteiger partial charge on any atom is -0.350 e. The fourth-order valence-corrected chi connectivity index (χ4v) is 3.78. The highest BCUT2D eigenvalue weighted by Crippen LogP contribution is 2.29. The molecule has 1 aromatic carbocycles. The molecular formula is C18H26N2. The highest BCUT2D eigenvalue weighted by atomic mass is 15.0. The number of hydrogen-bond acceptors (Lipinski definition) is 1. The van der Waals surface area contributed by atoms with Gasteiger partial charge in [0.15, 0.2) is 0 Å². The van der Waals surface area contributed by atoms with E-state index in [1.54, 1.807) is 0 Å².